The van der Waals surface area contributed by atoms with Crippen LogP contribution in [0.25, 0.3) is 0 Å². The van der Waals surface area contributed by atoms with Crippen molar-refractivity contribution in [1.29, 1.82) is 0 Å². The van der Waals surface area contributed by atoms with Crippen LogP contribution in [0.15, 0.2) is 47.8 Å². The number of sulfone groups is 1. The lowest BCUT2D eigenvalue weighted by molar-refractivity contribution is 0.591. The van der Waals surface area contributed by atoms with Crippen LogP contribution in [0.5, 0.6) is 0 Å². The number of nitrogens with zero attached hydrogens (tertiary/aromatic N) is 2. The van der Waals surface area contributed by atoms with Gasteiger partial charge in [0.1, 0.15) is 0 Å². The summed E-state index contributed by atoms with van der Waals surface area (Å²) in [7, 11) is -3.54. The Morgan fingerprint density at radius 2 is 1.82 bits per heavy atom. The minimum atomic E-state index is -3.54. The van der Waals surface area contributed by atoms with E-state index >= 15 is 0 Å². The monoisotopic (exact) mass is 249 g/mol. The Bertz CT molecular complexity index is 612. The molecule has 0 aliphatic carbocycles. The molecule has 6 heteroatoms. The Morgan fingerprint density at radius 1 is 1.06 bits per heavy atom. The van der Waals surface area contributed by atoms with E-state index in [1.165, 1.54) is 12.3 Å². The first-order valence-electron chi connectivity index (χ1n) is 4.93. The minimum Gasteiger partial charge on any atom is -0.396 e. The molecule has 0 atom stereocenters. The van der Waals surface area contributed by atoms with Crippen molar-refractivity contribution in [3.63, 3.8) is 0 Å². The lowest BCUT2D eigenvalue weighted by Gasteiger charge is -2.05. The molecule has 0 fully saturated rings. The number of aromatic nitrogens is 2. The van der Waals surface area contributed by atoms with Gasteiger partial charge in [0.15, 0.2) is 5.03 Å². The van der Waals surface area contributed by atoms with E-state index in [1.54, 1.807) is 30.5 Å². The highest BCUT2D eigenvalue weighted by Gasteiger charge is 2.20. The molecule has 2 N–H and O–H groups in total. The standard InChI is InChI=1S/C11H11N3O2S/c12-10-5-3-7-14-11(10)17(15,16)8-9-4-1-2-6-13-9/h1-7H,8,12H2. The second-order valence-electron chi connectivity index (χ2n) is 3.48. The van der Waals surface area contributed by atoms with Gasteiger partial charge in [-0.15, -0.1) is 0 Å². The molecule has 0 aliphatic rings. The van der Waals surface area contributed by atoms with E-state index in [0.29, 0.717) is 5.69 Å². The number of hydrogen-bond donors (Lipinski definition) is 1. The van der Waals surface area contributed by atoms with Crippen LogP contribution in [0.3, 0.4) is 0 Å². The Hall–Kier alpha value is -1.95. The smallest absolute Gasteiger partial charge is 0.203 e. The third-order valence-corrected chi connectivity index (χ3v) is 3.77. The average molecular weight is 249 g/mol. The van der Waals surface area contributed by atoms with Gasteiger partial charge in [0.05, 0.1) is 17.1 Å². The maximum Gasteiger partial charge on any atom is 0.203 e. The number of nitrogen functional groups attached to an aromatic ring is 1. The second kappa shape index (κ2) is 4.50. The molecule has 88 valence electrons. The predicted molar refractivity (Wildman–Crippen MR) is 63.8 cm³/mol. The third kappa shape index (κ3) is 2.59. The summed E-state index contributed by atoms with van der Waals surface area (Å²) in [5.74, 6) is -0.199. The molecular formula is C11H11N3O2S. The first-order chi connectivity index (χ1) is 8.09. The average Bonchev–Trinajstić information content (AvgIpc) is 2.30. The molecule has 0 unspecified atom stereocenters. The summed E-state index contributed by atoms with van der Waals surface area (Å²) in [4.78, 5) is 7.78. The van der Waals surface area contributed by atoms with E-state index in [4.69, 9.17) is 5.73 Å². The van der Waals surface area contributed by atoms with Crippen molar-refractivity contribution in [2.45, 2.75) is 10.8 Å². The normalized spacial score (nSPS) is 11.3. The fraction of sp³-hybridized carbons (Fsp3) is 0.0909. The Kier molecular flexibility index (Phi) is 3.06. The van der Waals surface area contributed by atoms with E-state index < -0.39 is 9.84 Å². The van der Waals surface area contributed by atoms with Gasteiger partial charge >= 0.3 is 0 Å². The Balaban J connectivity index is 2.36. The van der Waals surface area contributed by atoms with Gasteiger partial charge in [0.2, 0.25) is 9.84 Å². The Labute approximate surface area is 99.3 Å². The van der Waals surface area contributed by atoms with E-state index in [1.807, 2.05) is 0 Å². The van der Waals surface area contributed by atoms with Gasteiger partial charge in [-0.05, 0) is 24.3 Å². The molecular weight excluding hydrogens is 238 g/mol. The van der Waals surface area contributed by atoms with Crippen molar-refractivity contribution in [2.75, 3.05) is 5.73 Å². The molecule has 0 saturated heterocycles. The zero-order valence-electron chi connectivity index (χ0n) is 8.95. The van der Waals surface area contributed by atoms with Crippen molar-refractivity contribution in [2.24, 2.45) is 0 Å². The maximum absolute atomic E-state index is 12.0. The molecule has 0 spiro atoms. The van der Waals surface area contributed by atoms with Crippen LogP contribution in [-0.4, -0.2) is 18.4 Å². The number of nitrogens with two attached hydrogens (primary N) is 1. The molecule has 0 amide bonds. The van der Waals surface area contributed by atoms with Gasteiger partial charge in [-0.25, -0.2) is 13.4 Å². The van der Waals surface area contributed by atoms with Gasteiger partial charge in [-0.2, -0.15) is 0 Å². The van der Waals surface area contributed by atoms with Crippen LogP contribution in [0.1, 0.15) is 5.69 Å². The van der Waals surface area contributed by atoms with Crippen LogP contribution < -0.4 is 5.73 Å². The number of hydrogen-bond acceptors (Lipinski definition) is 5. The molecule has 0 saturated carbocycles. The fourth-order valence-corrected chi connectivity index (χ4v) is 2.76. The highest BCUT2D eigenvalue weighted by atomic mass is 32.2. The van der Waals surface area contributed by atoms with Crippen LogP contribution in [0.2, 0.25) is 0 Å². The lowest BCUT2D eigenvalue weighted by atomic mass is 10.4. The molecule has 2 aromatic heterocycles. The summed E-state index contributed by atoms with van der Waals surface area (Å²) < 4.78 is 24.1. The van der Waals surface area contributed by atoms with Crippen molar-refractivity contribution in [3.05, 3.63) is 48.4 Å². The molecule has 0 bridgehead atoms. The molecule has 2 aromatic rings. The lowest BCUT2D eigenvalue weighted by Crippen LogP contribution is -2.10. The zero-order valence-corrected chi connectivity index (χ0v) is 9.76. The molecule has 0 radical (unpaired) electrons. The van der Waals surface area contributed by atoms with Gasteiger partial charge in [0, 0.05) is 12.4 Å². The van der Waals surface area contributed by atoms with Crippen LogP contribution >= 0.6 is 0 Å². The fourth-order valence-electron chi connectivity index (χ4n) is 1.41. The summed E-state index contributed by atoms with van der Waals surface area (Å²) in [6.07, 6.45) is 2.95. The molecule has 17 heavy (non-hydrogen) atoms. The first-order valence-corrected chi connectivity index (χ1v) is 6.58. The third-order valence-electron chi connectivity index (χ3n) is 2.16. The number of rotatable bonds is 3. The molecule has 5 nitrogen and oxygen atoms in total. The van der Waals surface area contributed by atoms with Crippen molar-refractivity contribution in [3.8, 4) is 0 Å². The van der Waals surface area contributed by atoms with Gasteiger partial charge in [-0.1, -0.05) is 6.07 Å². The minimum absolute atomic E-state index is 0.0920. The van der Waals surface area contributed by atoms with Crippen LogP contribution in [-0.2, 0) is 15.6 Å². The highest BCUT2D eigenvalue weighted by Crippen LogP contribution is 2.18. The van der Waals surface area contributed by atoms with E-state index in [9.17, 15) is 8.42 Å². The quantitative estimate of drug-likeness (QED) is 0.878. The summed E-state index contributed by atoms with van der Waals surface area (Å²) in [6, 6.07) is 8.22. The van der Waals surface area contributed by atoms with Crippen LogP contribution in [0, 0.1) is 0 Å². The molecule has 2 heterocycles. The van der Waals surface area contributed by atoms with Crippen LogP contribution in [0.4, 0.5) is 5.69 Å². The largest absolute Gasteiger partial charge is 0.396 e. The summed E-state index contributed by atoms with van der Waals surface area (Å²) >= 11 is 0. The van der Waals surface area contributed by atoms with Crippen molar-refractivity contribution >= 4 is 15.5 Å². The molecule has 0 aliphatic heterocycles. The van der Waals surface area contributed by atoms with Gasteiger partial charge < -0.3 is 5.73 Å². The van der Waals surface area contributed by atoms with E-state index in [2.05, 4.69) is 9.97 Å². The first kappa shape index (κ1) is 11.5. The SMILES string of the molecule is Nc1cccnc1S(=O)(=O)Cc1ccccn1. The maximum atomic E-state index is 12.0. The number of pyridine rings is 2. The predicted octanol–water partition coefficient (Wildman–Crippen LogP) is 1.03. The Morgan fingerprint density at radius 3 is 2.47 bits per heavy atom. The summed E-state index contributed by atoms with van der Waals surface area (Å²) in [5, 5.41) is -0.0920. The van der Waals surface area contributed by atoms with E-state index in [0.717, 1.165) is 0 Å². The summed E-state index contributed by atoms with van der Waals surface area (Å²) in [6.45, 7) is 0. The topological polar surface area (TPSA) is 85.9 Å². The van der Waals surface area contributed by atoms with Gasteiger partial charge in [-0.3, -0.25) is 4.98 Å². The second-order valence-corrected chi connectivity index (χ2v) is 5.38. The summed E-state index contributed by atoms with van der Waals surface area (Å²) in [5.41, 5.74) is 6.22. The number of anilines is 1. The van der Waals surface area contributed by atoms with Crippen molar-refractivity contribution in [1.82, 2.24) is 9.97 Å². The van der Waals surface area contributed by atoms with Gasteiger partial charge in [0.25, 0.3) is 0 Å². The van der Waals surface area contributed by atoms with E-state index in [-0.39, 0.29) is 16.5 Å². The molecule has 0 aromatic carbocycles. The molecule has 2 rings (SSSR count). The zero-order chi connectivity index (χ0) is 12.3. The highest BCUT2D eigenvalue weighted by molar-refractivity contribution is 7.90. The van der Waals surface area contributed by atoms with Crippen molar-refractivity contribution < 1.29 is 8.42 Å².